The first-order chi connectivity index (χ1) is 15.0. The van der Waals surface area contributed by atoms with Crippen LogP contribution < -0.4 is 10.2 Å². The maximum absolute atomic E-state index is 12.9. The zero-order valence-electron chi connectivity index (χ0n) is 17.5. The average molecular weight is 433 g/mol. The van der Waals surface area contributed by atoms with Crippen LogP contribution in [-0.4, -0.2) is 28.2 Å². The smallest absolute Gasteiger partial charge is 0.253 e. The third-order valence-corrected chi connectivity index (χ3v) is 6.07. The number of carbonyl (C=O) groups is 2. The summed E-state index contributed by atoms with van der Waals surface area (Å²) < 4.78 is 1.82. The summed E-state index contributed by atoms with van der Waals surface area (Å²) in [5, 5.41) is 4.92. The van der Waals surface area contributed by atoms with Crippen molar-refractivity contribution in [1.82, 2.24) is 14.7 Å². The van der Waals surface area contributed by atoms with Gasteiger partial charge in [-0.15, -0.1) is 11.3 Å². The highest BCUT2D eigenvalue weighted by Gasteiger charge is 2.19. The number of pyridine rings is 1. The van der Waals surface area contributed by atoms with Gasteiger partial charge in [-0.05, 0) is 42.5 Å². The minimum Gasteiger partial charge on any atom is -0.347 e. The van der Waals surface area contributed by atoms with Gasteiger partial charge in [0.15, 0.2) is 0 Å². The van der Waals surface area contributed by atoms with Crippen molar-refractivity contribution in [3.63, 3.8) is 0 Å². The highest BCUT2D eigenvalue weighted by Crippen LogP contribution is 2.23. The van der Waals surface area contributed by atoms with Crippen molar-refractivity contribution >= 4 is 34.6 Å². The number of amides is 2. The molecule has 3 aromatic heterocycles. The zero-order chi connectivity index (χ0) is 21.8. The maximum Gasteiger partial charge on any atom is 0.253 e. The fourth-order valence-electron chi connectivity index (χ4n) is 3.55. The molecule has 0 atom stereocenters. The number of nitrogens with zero attached hydrogens (tertiary/aromatic N) is 3. The Balaban J connectivity index is 1.52. The molecule has 3 heterocycles. The van der Waals surface area contributed by atoms with E-state index in [9.17, 15) is 9.59 Å². The monoisotopic (exact) mass is 432 g/mol. The predicted molar refractivity (Wildman–Crippen MR) is 124 cm³/mol. The van der Waals surface area contributed by atoms with Gasteiger partial charge in [-0.3, -0.25) is 18.9 Å². The Kier molecular flexibility index (Phi) is 6.13. The second kappa shape index (κ2) is 9.14. The summed E-state index contributed by atoms with van der Waals surface area (Å²) in [6, 6.07) is 17.5. The van der Waals surface area contributed by atoms with Gasteiger partial charge in [0, 0.05) is 24.5 Å². The summed E-state index contributed by atoms with van der Waals surface area (Å²) in [5.74, 6) is 0.521. The third kappa shape index (κ3) is 4.67. The SMILES string of the molecule is Cc1nc2ccc(C(=O)NCc3cccs3)cn2c1N(C)C(=O)CCc1ccccc1. The van der Waals surface area contributed by atoms with E-state index in [1.54, 1.807) is 41.6 Å². The van der Waals surface area contributed by atoms with Gasteiger partial charge in [0.25, 0.3) is 5.91 Å². The predicted octanol–water partition coefficient (Wildman–Crippen LogP) is 4.23. The molecule has 0 saturated heterocycles. The van der Waals surface area contributed by atoms with Crippen molar-refractivity contribution in [3.8, 4) is 0 Å². The van der Waals surface area contributed by atoms with E-state index in [-0.39, 0.29) is 11.8 Å². The topological polar surface area (TPSA) is 66.7 Å². The van der Waals surface area contributed by atoms with E-state index >= 15 is 0 Å². The Morgan fingerprint density at radius 2 is 1.90 bits per heavy atom. The molecule has 2 amide bonds. The molecule has 0 bridgehead atoms. The Labute approximate surface area is 185 Å². The van der Waals surface area contributed by atoms with Crippen LogP contribution in [0.25, 0.3) is 5.65 Å². The molecule has 0 spiro atoms. The van der Waals surface area contributed by atoms with E-state index in [4.69, 9.17) is 0 Å². The van der Waals surface area contributed by atoms with Gasteiger partial charge in [0.05, 0.1) is 17.8 Å². The van der Waals surface area contributed by atoms with Crippen LogP contribution in [0.4, 0.5) is 5.82 Å². The molecule has 0 aliphatic carbocycles. The van der Waals surface area contributed by atoms with Crippen molar-refractivity contribution in [2.75, 3.05) is 11.9 Å². The fraction of sp³-hybridized carbons (Fsp3) is 0.208. The number of anilines is 1. The van der Waals surface area contributed by atoms with Gasteiger partial charge in [0.2, 0.25) is 5.91 Å². The molecule has 1 N–H and O–H groups in total. The van der Waals surface area contributed by atoms with E-state index in [0.29, 0.717) is 36.4 Å². The lowest BCUT2D eigenvalue weighted by Gasteiger charge is -2.18. The fourth-order valence-corrected chi connectivity index (χ4v) is 4.20. The van der Waals surface area contributed by atoms with E-state index in [2.05, 4.69) is 10.3 Å². The molecular formula is C24H24N4O2S. The van der Waals surface area contributed by atoms with Crippen molar-refractivity contribution < 1.29 is 9.59 Å². The molecular weight excluding hydrogens is 408 g/mol. The summed E-state index contributed by atoms with van der Waals surface area (Å²) in [4.78, 5) is 32.8. The number of imidazole rings is 1. The van der Waals surface area contributed by atoms with E-state index in [1.165, 1.54) is 0 Å². The van der Waals surface area contributed by atoms with Crippen LogP contribution in [0.1, 0.15) is 32.9 Å². The van der Waals surface area contributed by atoms with E-state index in [1.807, 2.05) is 59.2 Å². The number of thiophene rings is 1. The molecule has 0 radical (unpaired) electrons. The normalized spacial score (nSPS) is 10.9. The maximum atomic E-state index is 12.9. The van der Waals surface area contributed by atoms with Gasteiger partial charge >= 0.3 is 0 Å². The lowest BCUT2D eigenvalue weighted by Crippen LogP contribution is -2.28. The number of carbonyl (C=O) groups excluding carboxylic acids is 2. The number of nitrogens with one attached hydrogen (secondary N) is 1. The number of fused-ring (bicyclic) bond motifs is 1. The second-order valence-electron chi connectivity index (χ2n) is 7.37. The Hall–Kier alpha value is -3.45. The van der Waals surface area contributed by atoms with Crippen LogP contribution in [0.5, 0.6) is 0 Å². The Morgan fingerprint density at radius 1 is 1.10 bits per heavy atom. The lowest BCUT2D eigenvalue weighted by molar-refractivity contribution is -0.118. The largest absolute Gasteiger partial charge is 0.347 e. The summed E-state index contributed by atoms with van der Waals surface area (Å²) in [7, 11) is 1.76. The van der Waals surface area contributed by atoms with Crippen LogP contribution in [0, 0.1) is 6.92 Å². The zero-order valence-corrected chi connectivity index (χ0v) is 18.4. The van der Waals surface area contributed by atoms with Gasteiger partial charge in [0.1, 0.15) is 11.5 Å². The first kappa shape index (κ1) is 20.8. The molecule has 4 aromatic rings. The van der Waals surface area contributed by atoms with E-state index in [0.717, 1.165) is 16.1 Å². The quantitative estimate of drug-likeness (QED) is 0.475. The van der Waals surface area contributed by atoms with Crippen molar-refractivity contribution in [2.24, 2.45) is 0 Å². The molecule has 0 aliphatic rings. The first-order valence-electron chi connectivity index (χ1n) is 10.1. The van der Waals surface area contributed by atoms with Crippen molar-refractivity contribution in [1.29, 1.82) is 0 Å². The number of rotatable bonds is 7. The summed E-state index contributed by atoms with van der Waals surface area (Å²) in [6.07, 6.45) is 2.82. The van der Waals surface area contributed by atoms with Gasteiger partial charge in [-0.2, -0.15) is 0 Å². The minimum atomic E-state index is -0.161. The van der Waals surface area contributed by atoms with Crippen LogP contribution in [0.15, 0.2) is 66.2 Å². The van der Waals surface area contributed by atoms with Gasteiger partial charge < -0.3 is 5.32 Å². The summed E-state index contributed by atoms with van der Waals surface area (Å²) in [6.45, 7) is 2.36. The first-order valence-corrected chi connectivity index (χ1v) is 11.0. The van der Waals surface area contributed by atoms with Gasteiger partial charge in [-0.25, -0.2) is 4.98 Å². The molecule has 31 heavy (non-hydrogen) atoms. The number of aromatic nitrogens is 2. The molecule has 158 valence electrons. The third-order valence-electron chi connectivity index (χ3n) is 5.19. The number of hydrogen-bond acceptors (Lipinski definition) is 4. The second-order valence-corrected chi connectivity index (χ2v) is 8.40. The standard InChI is InChI=1S/C24H24N4O2S/c1-17-24(27(2)22(29)13-10-18-7-4-3-5-8-18)28-16-19(11-12-21(28)26-17)23(30)25-15-20-9-6-14-31-20/h3-9,11-12,14,16H,10,13,15H2,1-2H3,(H,25,30). The molecule has 1 aromatic carbocycles. The number of hydrogen-bond donors (Lipinski definition) is 1. The molecule has 0 fully saturated rings. The minimum absolute atomic E-state index is 0.00121. The molecule has 0 aliphatic heterocycles. The summed E-state index contributed by atoms with van der Waals surface area (Å²) in [5.41, 5.74) is 3.09. The lowest BCUT2D eigenvalue weighted by atomic mass is 10.1. The van der Waals surface area contributed by atoms with Crippen LogP contribution in [-0.2, 0) is 17.8 Å². The average Bonchev–Trinajstić information content (AvgIpc) is 3.42. The molecule has 7 heteroatoms. The molecule has 0 unspecified atom stereocenters. The molecule has 4 rings (SSSR count). The molecule has 0 saturated carbocycles. The number of aryl methyl sites for hydroxylation is 2. The highest BCUT2D eigenvalue weighted by atomic mass is 32.1. The van der Waals surface area contributed by atoms with Crippen LogP contribution in [0.3, 0.4) is 0 Å². The van der Waals surface area contributed by atoms with Gasteiger partial charge in [-0.1, -0.05) is 36.4 Å². The van der Waals surface area contributed by atoms with Crippen molar-refractivity contribution in [2.45, 2.75) is 26.3 Å². The Morgan fingerprint density at radius 3 is 2.65 bits per heavy atom. The van der Waals surface area contributed by atoms with E-state index < -0.39 is 0 Å². The summed E-state index contributed by atoms with van der Waals surface area (Å²) >= 11 is 1.60. The van der Waals surface area contributed by atoms with Crippen molar-refractivity contribution in [3.05, 3.63) is 87.9 Å². The molecule has 6 nitrogen and oxygen atoms in total. The van der Waals surface area contributed by atoms with Crippen LogP contribution in [0.2, 0.25) is 0 Å². The number of benzene rings is 1. The van der Waals surface area contributed by atoms with Crippen LogP contribution >= 0.6 is 11.3 Å². The highest BCUT2D eigenvalue weighted by molar-refractivity contribution is 7.09. The Bertz CT molecular complexity index is 1200.